The van der Waals surface area contributed by atoms with Crippen LogP contribution < -0.4 is 4.74 Å². The minimum Gasteiger partial charge on any atom is -0.479 e. The first-order valence-corrected chi connectivity index (χ1v) is 5.22. The average molecular weight is 236 g/mol. The third-order valence-corrected chi connectivity index (χ3v) is 2.42. The highest BCUT2D eigenvalue weighted by Gasteiger charge is 2.28. The maximum Gasteiger partial charge on any atom is 0.347 e. The van der Waals surface area contributed by atoms with Gasteiger partial charge in [-0.15, -0.1) is 0 Å². The van der Waals surface area contributed by atoms with Crippen molar-refractivity contribution < 1.29 is 23.8 Å². The first-order valence-electron chi connectivity index (χ1n) is 5.22. The van der Waals surface area contributed by atoms with Crippen LogP contribution in [0.5, 0.6) is 5.75 Å². The zero-order valence-corrected chi connectivity index (χ0v) is 9.34. The highest BCUT2D eigenvalue weighted by molar-refractivity contribution is 5.89. The maximum atomic E-state index is 11.3. The molecule has 1 aromatic rings. The second-order valence-electron chi connectivity index (χ2n) is 3.58. The Balaban J connectivity index is 2.11. The SMILES string of the molecule is COC(=O)c1cccc(OC2CCOC2=O)c1. The molecular formula is C12H12O5. The van der Waals surface area contributed by atoms with Gasteiger partial charge in [-0.25, -0.2) is 9.59 Å². The molecule has 0 aliphatic carbocycles. The van der Waals surface area contributed by atoms with Crippen LogP contribution in [-0.4, -0.2) is 31.8 Å². The molecule has 0 bridgehead atoms. The maximum absolute atomic E-state index is 11.3. The lowest BCUT2D eigenvalue weighted by Crippen LogP contribution is -2.21. The Kier molecular flexibility index (Phi) is 3.27. The summed E-state index contributed by atoms with van der Waals surface area (Å²) in [5.41, 5.74) is 0.386. The number of carbonyl (C=O) groups is 2. The van der Waals surface area contributed by atoms with E-state index in [1.54, 1.807) is 18.2 Å². The van der Waals surface area contributed by atoms with E-state index in [9.17, 15) is 9.59 Å². The van der Waals surface area contributed by atoms with E-state index < -0.39 is 12.1 Å². The number of rotatable bonds is 3. The first-order chi connectivity index (χ1) is 8.20. The van der Waals surface area contributed by atoms with Crippen molar-refractivity contribution in [3.63, 3.8) is 0 Å². The van der Waals surface area contributed by atoms with Crippen LogP contribution in [0.3, 0.4) is 0 Å². The van der Waals surface area contributed by atoms with Gasteiger partial charge in [0.05, 0.1) is 19.3 Å². The number of benzene rings is 1. The molecule has 5 nitrogen and oxygen atoms in total. The van der Waals surface area contributed by atoms with Crippen molar-refractivity contribution >= 4 is 11.9 Å². The Hall–Kier alpha value is -2.04. The predicted molar refractivity (Wildman–Crippen MR) is 57.8 cm³/mol. The summed E-state index contributed by atoms with van der Waals surface area (Å²) in [7, 11) is 1.31. The number of cyclic esters (lactones) is 1. The fourth-order valence-corrected chi connectivity index (χ4v) is 1.56. The van der Waals surface area contributed by atoms with Crippen LogP contribution in [-0.2, 0) is 14.3 Å². The smallest absolute Gasteiger partial charge is 0.347 e. The number of carbonyl (C=O) groups excluding carboxylic acids is 2. The number of esters is 2. The van der Waals surface area contributed by atoms with Gasteiger partial charge in [0.2, 0.25) is 0 Å². The van der Waals surface area contributed by atoms with Gasteiger partial charge < -0.3 is 14.2 Å². The molecule has 90 valence electrons. The third kappa shape index (κ3) is 2.55. The van der Waals surface area contributed by atoms with E-state index in [1.165, 1.54) is 13.2 Å². The van der Waals surface area contributed by atoms with Gasteiger partial charge in [0.15, 0.2) is 6.10 Å². The Morgan fingerprint density at radius 2 is 2.29 bits per heavy atom. The quantitative estimate of drug-likeness (QED) is 0.737. The minimum absolute atomic E-state index is 0.367. The molecule has 0 aromatic heterocycles. The summed E-state index contributed by atoms with van der Waals surface area (Å²) in [5, 5.41) is 0. The van der Waals surface area contributed by atoms with Gasteiger partial charge in [0, 0.05) is 6.42 Å². The molecule has 1 heterocycles. The summed E-state index contributed by atoms with van der Waals surface area (Å²) in [4.78, 5) is 22.5. The van der Waals surface area contributed by atoms with Crippen LogP contribution in [0, 0.1) is 0 Å². The highest BCUT2D eigenvalue weighted by Crippen LogP contribution is 2.19. The van der Waals surface area contributed by atoms with E-state index in [1.807, 2.05) is 0 Å². The van der Waals surface area contributed by atoms with Crippen molar-refractivity contribution in [2.75, 3.05) is 13.7 Å². The van der Waals surface area contributed by atoms with Gasteiger partial charge in [-0.05, 0) is 18.2 Å². The van der Waals surface area contributed by atoms with Gasteiger partial charge in [-0.1, -0.05) is 6.07 Å². The second-order valence-corrected chi connectivity index (χ2v) is 3.58. The lowest BCUT2D eigenvalue weighted by molar-refractivity contribution is -0.143. The van der Waals surface area contributed by atoms with E-state index in [0.29, 0.717) is 24.3 Å². The Morgan fingerprint density at radius 3 is 2.94 bits per heavy atom. The zero-order valence-electron chi connectivity index (χ0n) is 9.34. The van der Waals surface area contributed by atoms with Gasteiger partial charge >= 0.3 is 11.9 Å². The minimum atomic E-state index is -0.581. The highest BCUT2D eigenvalue weighted by atomic mass is 16.6. The average Bonchev–Trinajstić information content (AvgIpc) is 2.74. The predicted octanol–water partition coefficient (Wildman–Crippen LogP) is 1.17. The Labute approximate surface area is 98.3 Å². The lowest BCUT2D eigenvalue weighted by atomic mass is 10.2. The summed E-state index contributed by atoms with van der Waals surface area (Å²) in [6, 6.07) is 6.50. The molecule has 2 rings (SSSR count). The molecule has 0 saturated carbocycles. The van der Waals surface area contributed by atoms with Crippen molar-refractivity contribution in [1.82, 2.24) is 0 Å². The molecule has 0 radical (unpaired) electrons. The van der Waals surface area contributed by atoms with Crippen molar-refractivity contribution in [2.45, 2.75) is 12.5 Å². The van der Waals surface area contributed by atoms with Crippen molar-refractivity contribution in [1.29, 1.82) is 0 Å². The van der Waals surface area contributed by atoms with Gasteiger partial charge in [0.1, 0.15) is 5.75 Å². The molecule has 1 atom stereocenters. The normalized spacial score (nSPS) is 18.6. The number of hydrogen-bond donors (Lipinski definition) is 0. The van der Waals surface area contributed by atoms with Gasteiger partial charge in [-0.2, -0.15) is 0 Å². The molecule has 0 N–H and O–H groups in total. The zero-order chi connectivity index (χ0) is 12.3. The summed E-state index contributed by atoms with van der Waals surface area (Å²) in [5.74, 6) is -0.352. The molecule has 17 heavy (non-hydrogen) atoms. The molecule has 1 fully saturated rings. The fraction of sp³-hybridized carbons (Fsp3) is 0.333. The second kappa shape index (κ2) is 4.86. The molecule has 0 amide bonds. The molecule has 5 heteroatoms. The van der Waals surface area contributed by atoms with E-state index in [4.69, 9.17) is 9.47 Å². The Morgan fingerprint density at radius 1 is 1.47 bits per heavy atom. The summed E-state index contributed by atoms with van der Waals surface area (Å²) in [6.07, 6.45) is -0.0516. The third-order valence-electron chi connectivity index (χ3n) is 2.42. The largest absolute Gasteiger partial charge is 0.479 e. The fourth-order valence-electron chi connectivity index (χ4n) is 1.56. The summed E-state index contributed by atoms with van der Waals surface area (Å²) in [6.45, 7) is 0.375. The first kappa shape index (κ1) is 11.4. The monoisotopic (exact) mass is 236 g/mol. The van der Waals surface area contributed by atoms with Crippen LogP contribution in [0.4, 0.5) is 0 Å². The van der Waals surface area contributed by atoms with E-state index >= 15 is 0 Å². The number of methoxy groups -OCH3 is 1. The van der Waals surface area contributed by atoms with Crippen LogP contribution in [0.15, 0.2) is 24.3 Å². The van der Waals surface area contributed by atoms with Gasteiger partial charge in [0.25, 0.3) is 0 Å². The number of hydrogen-bond acceptors (Lipinski definition) is 5. The van der Waals surface area contributed by atoms with Crippen molar-refractivity contribution in [2.24, 2.45) is 0 Å². The molecule has 1 unspecified atom stereocenters. The van der Waals surface area contributed by atoms with Crippen LogP contribution >= 0.6 is 0 Å². The van der Waals surface area contributed by atoms with E-state index in [-0.39, 0.29) is 5.97 Å². The lowest BCUT2D eigenvalue weighted by Gasteiger charge is -2.10. The van der Waals surface area contributed by atoms with Crippen LogP contribution in [0.2, 0.25) is 0 Å². The molecule has 1 aliphatic heterocycles. The molecule has 1 aromatic carbocycles. The summed E-state index contributed by atoms with van der Waals surface area (Å²) >= 11 is 0. The molecule has 0 spiro atoms. The molecular weight excluding hydrogens is 224 g/mol. The van der Waals surface area contributed by atoms with E-state index in [2.05, 4.69) is 4.74 Å². The number of ether oxygens (including phenoxy) is 3. The summed E-state index contributed by atoms with van der Waals surface area (Å²) < 4.78 is 14.8. The standard InChI is InChI=1S/C12H12O5/c1-15-11(13)8-3-2-4-9(7-8)17-10-5-6-16-12(10)14/h2-4,7,10H,5-6H2,1H3. The topological polar surface area (TPSA) is 61.8 Å². The van der Waals surface area contributed by atoms with Crippen LogP contribution in [0.1, 0.15) is 16.8 Å². The molecule has 1 saturated heterocycles. The van der Waals surface area contributed by atoms with E-state index in [0.717, 1.165) is 0 Å². The van der Waals surface area contributed by atoms with Crippen molar-refractivity contribution in [3.8, 4) is 5.75 Å². The molecule has 1 aliphatic rings. The van der Waals surface area contributed by atoms with Gasteiger partial charge in [-0.3, -0.25) is 0 Å². The van der Waals surface area contributed by atoms with Crippen LogP contribution in [0.25, 0.3) is 0 Å². The van der Waals surface area contributed by atoms with Crippen molar-refractivity contribution in [3.05, 3.63) is 29.8 Å². The Bertz CT molecular complexity index is 440.